The molecule has 0 spiro atoms. The van der Waals surface area contributed by atoms with Gasteiger partial charge in [0.2, 0.25) is 5.91 Å². The van der Waals surface area contributed by atoms with Crippen LogP contribution in [0.1, 0.15) is 0 Å². The fourth-order valence-corrected chi connectivity index (χ4v) is 1.38. The number of carbonyl (C=O) groups excluding carboxylic acids is 1. The number of nitrogens with zero attached hydrogens (tertiary/aromatic N) is 3. The van der Waals surface area contributed by atoms with Gasteiger partial charge in [-0.3, -0.25) is 9.69 Å². The summed E-state index contributed by atoms with van der Waals surface area (Å²) in [6, 6.07) is 0. The molecule has 1 aliphatic heterocycles. The third-order valence-electron chi connectivity index (χ3n) is 2.33. The first kappa shape index (κ1) is 10.5. The van der Waals surface area contributed by atoms with Crippen molar-refractivity contribution in [2.75, 3.05) is 53.9 Å². The summed E-state index contributed by atoms with van der Waals surface area (Å²) < 4.78 is 0. The number of piperazine rings is 1. The van der Waals surface area contributed by atoms with Gasteiger partial charge >= 0.3 is 0 Å². The summed E-state index contributed by atoms with van der Waals surface area (Å²) in [5, 5.41) is 0. The molecule has 0 aromatic heterocycles. The summed E-state index contributed by atoms with van der Waals surface area (Å²) in [6.07, 6.45) is 0. The molecular weight excluding hydrogens is 166 g/mol. The first-order chi connectivity index (χ1) is 6.09. The Bertz CT molecular complexity index is 182. The number of carbonyl (C=O) groups is 1. The van der Waals surface area contributed by atoms with E-state index >= 15 is 0 Å². The highest BCUT2D eigenvalue weighted by Gasteiger charge is 2.20. The van der Waals surface area contributed by atoms with Crippen LogP contribution in [-0.4, -0.2) is 74.5 Å². The van der Waals surface area contributed by atoms with Gasteiger partial charge in [-0.1, -0.05) is 0 Å². The molecule has 13 heavy (non-hydrogen) atoms. The Kier molecular flexibility index (Phi) is 3.69. The Morgan fingerprint density at radius 2 is 2.08 bits per heavy atom. The van der Waals surface area contributed by atoms with Crippen LogP contribution >= 0.6 is 0 Å². The molecule has 1 amide bonds. The smallest absolute Gasteiger partial charge is 0.236 e. The topological polar surface area (TPSA) is 26.8 Å². The summed E-state index contributed by atoms with van der Waals surface area (Å²) in [5.74, 6) is 0.260. The van der Waals surface area contributed by atoms with E-state index in [4.69, 9.17) is 0 Å². The van der Waals surface area contributed by atoms with E-state index in [1.807, 2.05) is 26.0 Å². The maximum atomic E-state index is 11.5. The van der Waals surface area contributed by atoms with Gasteiger partial charge in [-0.05, 0) is 21.1 Å². The van der Waals surface area contributed by atoms with Gasteiger partial charge in [0.1, 0.15) is 0 Å². The lowest BCUT2D eigenvalue weighted by molar-refractivity contribution is -0.135. The molecular formula is C9H19N3O. The van der Waals surface area contributed by atoms with Crippen LogP contribution in [0.2, 0.25) is 0 Å². The lowest BCUT2D eigenvalue weighted by Crippen LogP contribution is -2.50. The minimum absolute atomic E-state index is 0.260. The zero-order chi connectivity index (χ0) is 9.84. The second-order valence-corrected chi connectivity index (χ2v) is 3.92. The van der Waals surface area contributed by atoms with Crippen LogP contribution < -0.4 is 0 Å². The predicted octanol–water partition coefficient (Wildman–Crippen LogP) is -0.678. The SMILES string of the molecule is CN(C)CCN1CCN(C)CC1=O. The normalized spacial score (nSPS) is 20.0. The molecule has 0 aliphatic carbocycles. The Morgan fingerprint density at radius 1 is 1.38 bits per heavy atom. The zero-order valence-corrected chi connectivity index (χ0v) is 8.79. The molecule has 0 atom stereocenters. The van der Waals surface area contributed by atoms with Gasteiger partial charge in [0.25, 0.3) is 0 Å². The molecule has 1 rings (SSSR count). The monoisotopic (exact) mass is 185 g/mol. The van der Waals surface area contributed by atoms with E-state index in [1.165, 1.54) is 0 Å². The zero-order valence-electron chi connectivity index (χ0n) is 8.79. The number of likely N-dealkylation sites (N-methyl/N-ethyl adjacent to an activating group) is 2. The number of amides is 1. The van der Waals surface area contributed by atoms with Crippen molar-refractivity contribution in [2.45, 2.75) is 0 Å². The van der Waals surface area contributed by atoms with Crippen LogP contribution in [0.15, 0.2) is 0 Å². The largest absolute Gasteiger partial charge is 0.339 e. The Hall–Kier alpha value is -0.610. The molecule has 0 aromatic carbocycles. The molecule has 76 valence electrons. The molecule has 1 heterocycles. The van der Waals surface area contributed by atoms with Crippen LogP contribution in [0.4, 0.5) is 0 Å². The third kappa shape index (κ3) is 3.32. The first-order valence-electron chi connectivity index (χ1n) is 4.70. The van der Waals surface area contributed by atoms with Gasteiger partial charge in [0.15, 0.2) is 0 Å². The molecule has 0 bridgehead atoms. The summed E-state index contributed by atoms with van der Waals surface area (Å²) in [4.78, 5) is 17.6. The summed E-state index contributed by atoms with van der Waals surface area (Å²) in [7, 11) is 6.04. The molecule has 1 saturated heterocycles. The van der Waals surface area contributed by atoms with E-state index in [9.17, 15) is 4.79 Å². The fourth-order valence-electron chi connectivity index (χ4n) is 1.38. The highest BCUT2D eigenvalue weighted by atomic mass is 16.2. The minimum Gasteiger partial charge on any atom is -0.339 e. The van der Waals surface area contributed by atoms with E-state index in [0.29, 0.717) is 6.54 Å². The standard InChI is InChI=1S/C9H19N3O/c1-10(2)4-6-12-7-5-11(3)8-9(12)13/h4-8H2,1-3H3. The quantitative estimate of drug-likeness (QED) is 0.583. The van der Waals surface area contributed by atoms with E-state index in [-0.39, 0.29) is 5.91 Å². The van der Waals surface area contributed by atoms with Crippen molar-refractivity contribution in [3.63, 3.8) is 0 Å². The van der Waals surface area contributed by atoms with Crippen LogP contribution in [0.3, 0.4) is 0 Å². The van der Waals surface area contributed by atoms with Crippen molar-refractivity contribution < 1.29 is 4.79 Å². The molecule has 1 fully saturated rings. The second kappa shape index (κ2) is 4.58. The highest BCUT2D eigenvalue weighted by Crippen LogP contribution is 2.00. The van der Waals surface area contributed by atoms with Crippen molar-refractivity contribution in [3.8, 4) is 0 Å². The number of hydrogen-bond donors (Lipinski definition) is 0. The van der Waals surface area contributed by atoms with Crippen molar-refractivity contribution in [1.29, 1.82) is 0 Å². The molecule has 0 unspecified atom stereocenters. The first-order valence-corrected chi connectivity index (χ1v) is 4.70. The molecule has 4 nitrogen and oxygen atoms in total. The Labute approximate surface area is 80.1 Å². The molecule has 1 aliphatic rings. The average molecular weight is 185 g/mol. The molecule has 0 aromatic rings. The van der Waals surface area contributed by atoms with Crippen molar-refractivity contribution in [3.05, 3.63) is 0 Å². The summed E-state index contributed by atoms with van der Waals surface area (Å²) in [5.41, 5.74) is 0. The maximum Gasteiger partial charge on any atom is 0.236 e. The maximum absolute atomic E-state index is 11.5. The molecule has 4 heteroatoms. The fraction of sp³-hybridized carbons (Fsp3) is 0.889. The Balaban J connectivity index is 2.30. The van der Waals surface area contributed by atoms with Crippen molar-refractivity contribution in [2.24, 2.45) is 0 Å². The second-order valence-electron chi connectivity index (χ2n) is 3.92. The lowest BCUT2D eigenvalue weighted by Gasteiger charge is -2.32. The minimum atomic E-state index is 0.260. The van der Waals surface area contributed by atoms with E-state index in [0.717, 1.165) is 26.2 Å². The summed E-state index contributed by atoms with van der Waals surface area (Å²) in [6.45, 7) is 4.27. The van der Waals surface area contributed by atoms with Gasteiger partial charge < -0.3 is 9.80 Å². The van der Waals surface area contributed by atoms with Crippen molar-refractivity contribution in [1.82, 2.24) is 14.7 Å². The van der Waals surface area contributed by atoms with Crippen LogP contribution in [-0.2, 0) is 4.79 Å². The predicted molar refractivity (Wildman–Crippen MR) is 52.6 cm³/mol. The van der Waals surface area contributed by atoms with Crippen LogP contribution in [0, 0.1) is 0 Å². The van der Waals surface area contributed by atoms with Crippen LogP contribution in [0.5, 0.6) is 0 Å². The third-order valence-corrected chi connectivity index (χ3v) is 2.33. The van der Waals surface area contributed by atoms with E-state index in [2.05, 4.69) is 9.80 Å². The van der Waals surface area contributed by atoms with E-state index < -0.39 is 0 Å². The lowest BCUT2D eigenvalue weighted by atomic mass is 10.3. The van der Waals surface area contributed by atoms with Gasteiger partial charge in [0, 0.05) is 26.2 Å². The molecule has 0 saturated carbocycles. The number of rotatable bonds is 3. The molecule has 0 N–H and O–H groups in total. The van der Waals surface area contributed by atoms with Gasteiger partial charge in [-0.15, -0.1) is 0 Å². The van der Waals surface area contributed by atoms with E-state index in [1.54, 1.807) is 0 Å². The van der Waals surface area contributed by atoms with Gasteiger partial charge in [-0.2, -0.15) is 0 Å². The number of hydrogen-bond acceptors (Lipinski definition) is 3. The molecule has 0 radical (unpaired) electrons. The van der Waals surface area contributed by atoms with Crippen LogP contribution in [0.25, 0.3) is 0 Å². The summed E-state index contributed by atoms with van der Waals surface area (Å²) >= 11 is 0. The average Bonchev–Trinajstić information content (AvgIpc) is 2.02. The van der Waals surface area contributed by atoms with Gasteiger partial charge in [-0.25, -0.2) is 0 Å². The Morgan fingerprint density at radius 3 is 2.62 bits per heavy atom. The highest BCUT2D eigenvalue weighted by molar-refractivity contribution is 5.78. The van der Waals surface area contributed by atoms with Crippen molar-refractivity contribution >= 4 is 5.91 Å². The van der Waals surface area contributed by atoms with Gasteiger partial charge in [0.05, 0.1) is 6.54 Å².